The minimum absolute atomic E-state index is 0.221. The van der Waals surface area contributed by atoms with E-state index in [1.54, 1.807) is 30.1 Å². The minimum atomic E-state index is -1.13. The zero-order chi connectivity index (χ0) is 22.0. The number of aromatic nitrogens is 2. The smallest absolute Gasteiger partial charge is 0.444 e. The second kappa shape index (κ2) is 8.59. The lowest BCUT2D eigenvalue weighted by molar-refractivity contribution is 0.0423. The molecule has 0 fully saturated rings. The maximum atomic E-state index is 12.1. The van der Waals surface area contributed by atoms with Crippen LogP contribution in [0.5, 0.6) is 0 Å². The van der Waals surface area contributed by atoms with Crippen LogP contribution in [0.3, 0.4) is 0 Å². The maximum absolute atomic E-state index is 12.1. The van der Waals surface area contributed by atoms with E-state index in [0.29, 0.717) is 16.8 Å². The molecule has 0 spiro atoms. The van der Waals surface area contributed by atoms with E-state index in [1.807, 2.05) is 60.6 Å². The number of anilines is 1. The highest BCUT2D eigenvalue weighted by atomic mass is 16.6. The quantitative estimate of drug-likeness (QED) is 0.723. The van der Waals surface area contributed by atoms with E-state index in [4.69, 9.17) is 9.39 Å². The van der Waals surface area contributed by atoms with Crippen LogP contribution < -0.4 is 10.8 Å². The van der Waals surface area contributed by atoms with Gasteiger partial charge in [-0.25, -0.2) is 4.79 Å². The topological polar surface area (TPSA) is 85.6 Å². The van der Waals surface area contributed by atoms with Crippen molar-refractivity contribution in [1.82, 2.24) is 9.78 Å². The standard InChI is InChI=1S/C21H32BN3O4/c1-14(2)21(6,7)29-22(27)17-13-25(8)24-18(17)15-10-9-11-16(12-15)23-19(26)28-20(3,4)5/h9-14,27H,1-8H3,(H,23,26). The summed E-state index contributed by atoms with van der Waals surface area (Å²) in [4.78, 5) is 12.1. The van der Waals surface area contributed by atoms with E-state index in [1.165, 1.54) is 0 Å². The molecule has 0 aliphatic heterocycles. The molecule has 0 aliphatic rings. The summed E-state index contributed by atoms with van der Waals surface area (Å²) >= 11 is 0. The highest BCUT2D eigenvalue weighted by molar-refractivity contribution is 6.61. The Balaban J connectivity index is 2.29. The van der Waals surface area contributed by atoms with Crippen molar-refractivity contribution in [3.63, 3.8) is 0 Å². The summed E-state index contributed by atoms with van der Waals surface area (Å²) in [6.45, 7) is 13.4. The molecule has 2 N–H and O–H groups in total. The molecule has 1 heterocycles. The first kappa shape index (κ1) is 23.0. The van der Waals surface area contributed by atoms with E-state index in [-0.39, 0.29) is 5.92 Å². The van der Waals surface area contributed by atoms with Gasteiger partial charge in [0.2, 0.25) is 0 Å². The van der Waals surface area contributed by atoms with Crippen LogP contribution in [0.4, 0.5) is 10.5 Å². The van der Waals surface area contributed by atoms with Crippen LogP contribution in [0.2, 0.25) is 0 Å². The van der Waals surface area contributed by atoms with Crippen LogP contribution in [0, 0.1) is 5.92 Å². The van der Waals surface area contributed by atoms with Crippen molar-refractivity contribution in [2.24, 2.45) is 13.0 Å². The summed E-state index contributed by atoms with van der Waals surface area (Å²) in [5.74, 6) is 0.221. The first-order valence-electron chi connectivity index (χ1n) is 9.78. The SMILES string of the molecule is CC(C)C(C)(C)OB(O)c1cn(C)nc1-c1cccc(NC(=O)OC(C)(C)C)c1. The molecule has 0 saturated heterocycles. The summed E-state index contributed by atoms with van der Waals surface area (Å²) in [5, 5.41) is 18.0. The molecule has 1 aromatic carbocycles. The zero-order valence-electron chi connectivity index (χ0n) is 18.6. The molecular weight excluding hydrogens is 369 g/mol. The number of carbonyl (C=O) groups is 1. The lowest BCUT2D eigenvalue weighted by atomic mass is 9.76. The van der Waals surface area contributed by atoms with Gasteiger partial charge >= 0.3 is 13.2 Å². The number of nitrogens with zero attached hydrogens (tertiary/aromatic N) is 2. The number of hydrogen-bond acceptors (Lipinski definition) is 5. The van der Waals surface area contributed by atoms with Gasteiger partial charge in [0.1, 0.15) is 5.60 Å². The van der Waals surface area contributed by atoms with Crippen LogP contribution in [0.15, 0.2) is 30.5 Å². The second-order valence-corrected chi connectivity index (χ2v) is 9.04. The van der Waals surface area contributed by atoms with Gasteiger partial charge in [-0.3, -0.25) is 10.00 Å². The first-order valence-corrected chi connectivity index (χ1v) is 9.78. The van der Waals surface area contributed by atoms with E-state index in [0.717, 1.165) is 5.56 Å². The molecule has 0 bridgehead atoms. The first-order chi connectivity index (χ1) is 13.3. The fraction of sp³-hybridized carbons (Fsp3) is 0.524. The van der Waals surface area contributed by atoms with Crippen LogP contribution >= 0.6 is 0 Å². The van der Waals surface area contributed by atoms with Gasteiger partial charge in [-0.2, -0.15) is 5.10 Å². The molecule has 2 rings (SSSR count). The predicted molar refractivity (Wildman–Crippen MR) is 116 cm³/mol. The van der Waals surface area contributed by atoms with Crippen molar-refractivity contribution >= 4 is 24.4 Å². The number of hydrogen-bond donors (Lipinski definition) is 2. The average Bonchev–Trinajstić information content (AvgIpc) is 2.95. The van der Waals surface area contributed by atoms with Crippen molar-refractivity contribution in [3.05, 3.63) is 30.5 Å². The number of ether oxygens (including phenoxy) is 1. The van der Waals surface area contributed by atoms with E-state index >= 15 is 0 Å². The minimum Gasteiger partial charge on any atom is -0.444 e. The molecule has 158 valence electrons. The second-order valence-electron chi connectivity index (χ2n) is 9.04. The van der Waals surface area contributed by atoms with Crippen LogP contribution in [-0.4, -0.2) is 39.2 Å². The number of rotatable bonds is 6. The third-order valence-corrected chi connectivity index (χ3v) is 4.71. The van der Waals surface area contributed by atoms with Crippen molar-refractivity contribution in [2.75, 3.05) is 5.32 Å². The third-order valence-electron chi connectivity index (χ3n) is 4.71. The zero-order valence-corrected chi connectivity index (χ0v) is 18.6. The Kier molecular flexibility index (Phi) is 6.80. The fourth-order valence-electron chi connectivity index (χ4n) is 2.56. The lowest BCUT2D eigenvalue weighted by Gasteiger charge is -2.31. The molecule has 0 saturated carbocycles. The predicted octanol–water partition coefficient (Wildman–Crippen LogP) is 3.57. The number of carbonyl (C=O) groups excluding carboxylic acids is 1. The average molecular weight is 401 g/mol. The van der Waals surface area contributed by atoms with Gasteiger partial charge < -0.3 is 14.4 Å². The molecular formula is C21H32BN3O4. The molecule has 0 atom stereocenters. The van der Waals surface area contributed by atoms with Gasteiger partial charge in [-0.15, -0.1) is 0 Å². The van der Waals surface area contributed by atoms with Crippen LogP contribution in [0.25, 0.3) is 11.3 Å². The normalized spacial score (nSPS) is 12.2. The number of amides is 1. The number of benzene rings is 1. The van der Waals surface area contributed by atoms with Gasteiger partial charge in [0, 0.05) is 30.0 Å². The Morgan fingerprint density at radius 3 is 2.48 bits per heavy atom. The Bertz CT molecular complexity index is 856. The fourth-order valence-corrected chi connectivity index (χ4v) is 2.56. The van der Waals surface area contributed by atoms with Gasteiger partial charge in [-0.05, 0) is 52.7 Å². The van der Waals surface area contributed by atoms with Crippen molar-refractivity contribution in [3.8, 4) is 11.3 Å². The lowest BCUT2D eigenvalue weighted by Crippen LogP contribution is -2.44. The summed E-state index contributed by atoms with van der Waals surface area (Å²) in [6, 6.07) is 7.24. The van der Waals surface area contributed by atoms with Crippen LogP contribution in [0.1, 0.15) is 48.5 Å². The van der Waals surface area contributed by atoms with E-state index in [9.17, 15) is 9.82 Å². The van der Waals surface area contributed by atoms with E-state index < -0.39 is 24.4 Å². The molecule has 2 aromatic rings. The van der Waals surface area contributed by atoms with Gasteiger partial charge in [-0.1, -0.05) is 26.0 Å². The Hall–Kier alpha value is -2.32. The molecule has 0 radical (unpaired) electrons. The van der Waals surface area contributed by atoms with Crippen molar-refractivity contribution < 1.29 is 19.2 Å². The van der Waals surface area contributed by atoms with Crippen molar-refractivity contribution in [2.45, 2.75) is 59.7 Å². The van der Waals surface area contributed by atoms with Gasteiger partial charge in [0.15, 0.2) is 0 Å². The molecule has 8 heteroatoms. The highest BCUT2D eigenvalue weighted by Gasteiger charge is 2.33. The van der Waals surface area contributed by atoms with E-state index in [2.05, 4.69) is 10.4 Å². The summed E-state index contributed by atoms with van der Waals surface area (Å²) in [5.41, 5.74) is 1.39. The molecule has 1 amide bonds. The molecule has 0 unspecified atom stereocenters. The maximum Gasteiger partial charge on any atom is 0.495 e. The molecule has 7 nitrogen and oxygen atoms in total. The highest BCUT2D eigenvalue weighted by Crippen LogP contribution is 2.24. The number of nitrogens with one attached hydrogen (secondary N) is 1. The largest absolute Gasteiger partial charge is 0.495 e. The van der Waals surface area contributed by atoms with Crippen LogP contribution in [-0.2, 0) is 16.4 Å². The van der Waals surface area contributed by atoms with Gasteiger partial charge in [0.05, 0.1) is 11.3 Å². The Labute approximate surface area is 173 Å². The summed E-state index contributed by atoms with van der Waals surface area (Å²) < 4.78 is 12.9. The molecule has 29 heavy (non-hydrogen) atoms. The Morgan fingerprint density at radius 2 is 1.90 bits per heavy atom. The number of aryl methyl sites for hydroxylation is 1. The summed E-state index contributed by atoms with van der Waals surface area (Å²) in [6.07, 6.45) is 1.21. The Morgan fingerprint density at radius 1 is 1.24 bits per heavy atom. The molecule has 0 aliphatic carbocycles. The monoisotopic (exact) mass is 401 g/mol. The third kappa shape index (κ3) is 6.34. The summed E-state index contributed by atoms with van der Waals surface area (Å²) in [7, 11) is 0.661. The van der Waals surface area contributed by atoms with Crippen molar-refractivity contribution in [1.29, 1.82) is 0 Å². The molecule has 1 aromatic heterocycles. The van der Waals surface area contributed by atoms with Gasteiger partial charge in [0.25, 0.3) is 0 Å².